The van der Waals surface area contributed by atoms with Gasteiger partial charge >= 0.3 is 6.03 Å². The van der Waals surface area contributed by atoms with Crippen molar-refractivity contribution in [1.82, 2.24) is 19.6 Å². The molecular formula is C23H26N4O5. The van der Waals surface area contributed by atoms with E-state index in [2.05, 4.69) is 16.1 Å². The van der Waals surface area contributed by atoms with Crippen molar-refractivity contribution in [3.63, 3.8) is 0 Å². The van der Waals surface area contributed by atoms with Crippen LogP contribution in [-0.2, 0) is 6.54 Å². The van der Waals surface area contributed by atoms with E-state index in [0.29, 0.717) is 24.6 Å². The zero-order valence-electron chi connectivity index (χ0n) is 17.8. The van der Waals surface area contributed by atoms with Gasteiger partial charge in [-0.25, -0.2) is 4.79 Å². The van der Waals surface area contributed by atoms with Crippen molar-refractivity contribution < 1.29 is 24.5 Å². The number of para-hydroxylation sites is 2. The van der Waals surface area contributed by atoms with E-state index in [4.69, 9.17) is 19.7 Å². The van der Waals surface area contributed by atoms with E-state index in [9.17, 15) is 4.79 Å². The number of aliphatic hydroxyl groups excluding tert-OH is 1. The number of hydrogen-bond donors (Lipinski definition) is 2. The summed E-state index contributed by atoms with van der Waals surface area (Å²) in [5.41, 5.74) is 1.16. The molecule has 0 atom stereocenters. The molecule has 4 rings (SSSR count). The third-order valence-electron chi connectivity index (χ3n) is 5.31. The van der Waals surface area contributed by atoms with Gasteiger partial charge in [-0.1, -0.05) is 24.3 Å². The average Bonchev–Trinajstić information content (AvgIpc) is 3.31. The molecule has 1 amide bonds. The highest BCUT2D eigenvalue weighted by Gasteiger charge is 2.23. The molecule has 0 radical (unpaired) electrons. The maximum atomic E-state index is 12.6. The first-order chi connectivity index (χ1) is 15.5. The Morgan fingerprint density at radius 2 is 1.78 bits per heavy atom. The summed E-state index contributed by atoms with van der Waals surface area (Å²) in [6, 6.07) is 16.6. The van der Waals surface area contributed by atoms with E-state index >= 15 is 0 Å². The number of piperazine rings is 1. The van der Waals surface area contributed by atoms with Gasteiger partial charge in [0.25, 0.3) is 0 Å². The minimum Gasteiger partial charge on any atom is -0.493 e. The average molecular weight is 438 g/mol. The molecule has 0 saturated carbocycles. The monoisotopic (exact) mass is 438 g/mol. The van der Waals surface area contributed by atoms with Crippen molar-refractivity contribution in [3.8, 4) is 17.2 Å². The van der Waals surface area contributed by atoms with Crippen molar-refractivity contribution in [2.75, 3.05) is 33.3 Å². The fourth-order valence-corrected chi connectivity index (χ4v) is 3.62. The van der Waals surface area contributed by atoms with Gasteiger partial charge in [0.05, 0.1) is 7.11 Å². The van der Waals surface area contributed by atoms with Crippen LogP contribution in [-0.4, -0.2) is 69.1 Å². The van der Waals surface area contributed by atoms with Crippen LogP contribution in [0, 0.1) is 0 Å². The third-order valence-corrected chi connectivity index (χ3v) is 5.31. The van der Waals surface area contributed by atoms with E-state index < -0.39 is 6.29 Å². The Morgan fingerprint density at radius 3 is 2.47 bits per heavy atom. The molecule has 1 aliphatic heterocycles. The highest BCUT2D eigenvalue weighted by Crippen LogP contribution is 2.31. The van der Waals surface area contributed by atoms with Crippen molar-refractivity contribution in [2.45, 2.75) is 12.8 Å². The summed E-state index contributed by atoms with van der Waals surface area (Å²) in [5, 5.41) is 22.2. The fraction of sp³-hybridized carbons (Fsp3) is 0.304. The van der Waals surface area contributed by atoms with Gasteiger partial charge in [0.15, 0.2) is 17.8 Å². The molecule has 0 spiro atoms. The molecule has 9 heteroatoms. The molecule has 2 heterocycles. The minimum absolute atomic E-state index is 0.0483. The summed E-state index contributed by atoms with van der Waals surface area (Å²) in [4.78, 5) is 16.6. The number of carbonyl (C=O) groups is 1. The van der Waals surface area contributed by atoms with Gasteiger partial charge in [0.2, 0.25) is 0 Å². The number of nitrogens with zero attached hydrogens (tertiary/aromatic N) is 4. The lowest BCUT2D eigenvalue weighted by Crippen LogP contribution is -2.49. The van der Waals surface area contributed by atoms with E-state index in [0.717, 1.165) is 35.6 Å². The highest BCUT2D eigenvalue weighted by atomic mass is 16.5. The van der Waals surface area contributed by atoms with Crippen LogP contribution >= 0.6 is 0 Å². The molecule has 0 unspecified atom stereocenters. The van der Waals surface area contributed by atoms with Crippen LogP contribution in [0.4, 0.5) is 4.79 Å². The molecule has 1 saturated heterocycles. The molecule has 9 nitrogen and oxygen atoms in total. The minimum atomic E-state index is -1.69. The zero-order valence-corrected chi connectivity index (χ0v) is 17.8. The Kier molecular flexibility index (Phi) is 6.69. The molecule has 2 N–H and O–H groups in total. The maximum Gasteiger partial charge on any atom is 0.344 e. The number of benzene rings is 2. The Hall–Kier alpha value is -3.40. The zero-order chi connectivity index (χ0) is 22.5. The number of rotatable bonds is 6. The lowest BCUT2D eigenvalue weighted by Gasteiger charge is -2.34. The fourth-order valence-electron chi connectivity index (χ4n) is 3.62. The standard InChI is InChI=1S/C23H26N4O5/c1-31-20-7-2-3-8-21(20)32-18-6-4-5-17(15-18)16-25-11-13-26(14-12-25)23(30)27-10-9-19(24-27)22(28)29/h2-10,15,22,28-29H,11-14,16H2,1H3. The summed E-state index contributed by atoms with van der Waals surface area (Å²) >= 11 is 0. The Labute approximate surface area is 186 Å². The summed E-state index contributed by atoms with van der Waals surface area (Å²) in [6.07, 6.45) is -0.250. The number of aromatic nitrogens is 2. The molecule has 168 valence electrons. The van der Waals surface area contributed by atoms with Crippen LogP contribution in [0.25, 0.3) is 0 Å². The van der Waals surface area contributed by atoms with Crippen molar-refractivity contribution in [3.05, 3.63) is 72.1 Å². The first-order valence-electron chi connectivity index (χ1n) is 10.4. The van der Waals surface area contributed by atoms with E-state index in [1.807, 2.05) is 42.5 Å². The molecular weight excluding hydrogens is 412 g/mol. The molecule has 1 aliphatic rings. The third kappa shape index (κ3) is 5.08. The molecule has 1 aromatic heterocycles. The first kappa shape index (κ1) is 21.8. The largest absolute Gasteiger partial charge is 0.493 e. The van der Waals surface area contributed by atoms with Crippen LogP contribution in [0.3, 0.4) is 0 Å². The second-order valence-electron chi connectivity index (χ2n) is 7.50. The van der Waals surface area contributed by atoms with E-state index in [-0.39, 0.29) is 11.7 Å². The van der Waals surface area contributed by atoms with Gasteiger partial charge in [-0.2, -0.15) is 9.78 Å². The van der Waals surface area contributed by atoms with Crippen LogP contribution < -0.4 is 9.47 Å². The lowest BCUT2D eigenvalue weighted by atomic mass is 10.2. The smallest absolute Gasteiger partial charge is 0.344 e. The molecule has 1 fully saturated rings. The maximum absolute atomic E-state index is 12.6. The number of ether oxygens (including phenoxy) is 2. The van der Waals surface area contributed by atoms with Gasteiger partial charge in [0.1, 0.15) is 11.4 Å². The highest BCUT2D eigenvalue weighted by molar-refractivity contribution is 5.76. The van der Waals surface area contributed by atoms with Crippen molar-refractivity contribution in [1.29, 1.82) is 0 Å². The van der Waals surface area contributed by atoms with Crippen LogP contribution in [0.15, 0.2) is 60.8 Å². The number of amides is 1. The predicted molar refractivity (Wildman–Crippen MR) is 117 cm³/mol. The van der Waals surface area contributed by atoms with Gasteiger partial charge in [-0.3, -0.25) is 4.90 Å². The van der Waals surface area contributed by atoms with Gasteiger partial charge in [-0.05, 0) is 35.9 Å². The SMILES string of the molecule is COc1ccccc1Oc1cccc(CN2CCN(C(=O)n3ccc(C(O)O)n3)CC2)c1. The predicted octanol–water partition coefficient (Wildman–Crippen LogP) is 2.45. The summed E-state index contributed by atoms with van der Waals surface area (Å²) in [6.45, 7) is 3.31. The van der Waals surface area contributed by atoms with Gasteiger partial charge in [-0.15, -0.1) is 0 Å². The van der Waals surface area contributed by atoms with E-state index in [1.54, 1.807) is 12.0 Å². The number of methoxy groups -OCH3 is 1. The van der Waals surface area contributed by atoms with Gasteiger partial charge in [0, 0.05) is 38.9 Å². The molecule has 32 heavy (non-hydrogen) atoms. The Balaban J connectivity index is 1.33. The Bertz CT molecular complexity index is 1060. The molecule has 3 aromatic rings. The van der Waals surface area contributed by atoms with Crippen LogP contribution in [0.5, 0.6) is 17.2 Å². The van der Waals surface area contributed by atoms with Crippen LogP contribution in [0.2, 0.25) is 0 Å². The van der Waals surface area contributed by atoms with Crippen molar-refractivity contribution in [2.24, 2.45) is 0 Å². The lowest BCUT2D eigenvalue weighted by molar-refractivity contribution is -0.0460. The summed E-state index contributed by atoms with van der Waals surface area (Å²) in [7, 11) is 1.62. The number of hydrogen-bond acceptors (Lipinski definition) is 7. The van der Waals surface area contributed by atoms with Crippen LogP contribution in [0.1, 0.15) is 17.5 Å². The number of aliphatic hydroxyl groups is 2. The molecule has 0 bridgehead atoms. The molecule has 2 aromatic carbocycles. The molecule has 0 aliphatic carbocycles. The quantitative estimate of drug-likeness (QED) is 0.570. The second-order valence-corrected chi connectivity index (χ2v) is 7.50. The Morgan fingerprint density at radius 1 is 1.03 bits per heavy atom. The first-order valence-corrected chi connectivity index (χ1v) is 10.4. The van der Waals surface area contributed by atoms with E-state index in [1.165, 1.54) is 12.3 Å². The normalized spacial score (nSPS) is 14.6. The summed E-state index contributed by atoms with van der Waals surface area (Å²) in [5.74, 6) is 2.08. The van der Waals surface area contributed by atoms with Crippen molar-refractivity contribution >= 4 is 6.03 Å². The second kappa shape index (κ2) is 9.82. The van der Waals surface area contributed by atoms with Gasteiger partial charge < -0.3 is 24.6 Å². The number of carbonyl (C=O) groups excluding carboxylic acids is 1. The topological polar surface area (TPSA) is 100 Å². The summed E-state index contributed by atoms with van der Waals surface area (Å²) < 4.78 is 12.5.